The van der Waals surface area contributed by atoms with Gasteiger partial charge < -0.3 is 6.15 Å². The Hall–Kier alpha value is 0.180. The first-order valence-electron chi connectivity index (χ1n) is 5.08. The first-order chi connectivity index (χ1) is 5.91. The summed E-state index contributed by atoms with van der Waals surface area (Å²) in [4.78, 5) is 0. The molecule has 0 heterocycles. The van der Waals surface area contributed by atoms with Gasteiger partial charge in [-0.1, -0.05) is 54.1 Å². The van der Waals surface area contributed by atoms with Crippen molar-refractivity contribution in [2.24, 2.45) is 0 Å². The van der Waals surface area contributed by atoms with Crippen LogP contribution in [0.5, 0.6) is 0 Å². The summed E-state index contributed by atoms with van der Waals surface area (Å²) in [5.41, 5.74) is 0. The van der Waals surface area contributed by atoms with Crippen LogP contribution in [0.3, 0.4) is 0 Å². The Labute approximate surface area is 91.7 Å². The molecular formula is C11H24BrN. The summed E-state index contributed by atoms with van der Waals surface area (Å²) in [6.07, 6.45) is 12.9. The van der Waals surface area contributed by atoms with E-state index in [2.05, 4.69) is 22.5 Å². The van der Waals surface area contributed by atoms with Gasteiger partial charge in [0.05, 0.1) is 0 Å². The lowest BCUT2D eigenvalue weighted by molar-refractivity contribution is 0.594. The molecular weight excluding hydrogens is 226 g/mol. The molecule has 0 rings (SSSR count). The standard InChI is InChI=1S/C11H21Br.H3N/c1-2-3-4-5-6-7-8-9-10-11-12;/h2H,1,3-11H2;1H3. The minimum absolute atomic E-state index is 0. The second kappa shape index (κ2) is 14.7. The normalized spacial score (nSPS) is 9.31. The molecule has 0 aliphatic carbocycles. The van der Waals surface area contributed by atoms with Crippen LogP contribution < -0.4 is 6.15 Å². The number of allylic oxidation sites excluding steroid dienone is 1. The molecule has 0 radical (unpaired) electrons. The lowest BCUT2D eigenvalue weighted by Gasteiger charge is -1.98. The van der Waals surface area contributed by atoms with Gasteiger partial charge in [0.2, 0.25) is 0 Å². The van der Waals surface area contributed by atoms with Gasteiger partial charge in [0, 0.05) is 5.33 Å². The highest BCUT2D eigenvalue weighted by atomic mass is 79.9. The number of hydrogen-bond donors (Lipinski definition) is 1. The third-order valence-corrected chi connectivity index (χ3v) is 2.60. The zero-order valence-corrected chi connectivity index (χ0v) is 10.3. The Morgan fingerprint density at radius 1 is 0.846 bits per heavy atom. The third kappa shape index (κ3) is 15.0. The monoisotopic (exact) mass is 249 g/mol. The van der Waals surface area contributed by atoms with Gasteiger partial charge in [0.1, 0.15) is 0 Å². The van der Waals surface area contributed by atoms with Crippen molar-refractivity contribution in [2.75, 3.05) is 5.33 Å². The van der Waals surface area contributed by atoms with E-state index < -0.39 is 0 Å². The zero-order valence-electron chi connectivity index (χ0n) is 8.73. The molecule has 0 unspecified atom stereocenters. The Kier molecular flexibility index (Phi) is 17.7. The van der Waals surface area contributed by atoms with Gasteiger partial charge >= 0.3 is 0 Å². The fraction of sp³-hybridized carbons (Fsp3) is 0.818. The van der Waals surface area contributed by atoms with Crippen LogP contribution in [-0.2, 0) is 0 Å². The van der Waals surface area contributed by atoms with E-state index in [1.54, 1.807) is 0 Å². The van der Waals surface area contributed by atoms with E-state index >= 15 is 0 Å². The molecule has 0 aliphatic rings. The Bertz CT molecular complexity index is 94.1. The van der Waals surface area contributed by atoms with Gasteiger partial charge in [-0.3, -0.25) is 0 Å². The average Bonchev–Trinajstić information content (AvgIpc) is 2.10. The van der Waals surface area contributed by atoms with Crippen molar-refractivity contribution in [1.29, 1.82) is 0 Å². The summed E-state index contributed by atoms with van der Waals surface area (Å²) < 4.78 is 0. The minimum Gasteiger partial charge on any atom is -0.344 e. The van der Waals surface area contributed by atoms with Crippen LogP contribution in [-0.4, -0.2) is 5.33 Å². The first-order valence-corrected chi connectivity index (χ1v) is 6.21. The molecule has 0 aromatic heterocycles. The zero-order chi connectivity index (χ0) is 9.07. The largest absolute Gasteiger partial charge is 0.344 e. The van der Waals surface area contributed by atoms with Crippen LogP contribution in [0.2, 0.25) is 0 Å². The number of rotatable bonds is 9. The van der Waals surface area contributed by atoms with E-state index in [9.17, 15) is 0 Å². The molecule has 0 spiro atoms. The van der Waals surface area contributed by atoms with Gasteiger partial charge in [-0.25, -0.2) is 0 Å². The lowest BCUT2D eigenvalue weighted by atomic mass is 10.1. The van der Waals surface area contributed by atoms with Gasteiger partial charge in [-0.2, -0.15) is 0 Å². The van der Waals surface area contributed by atoms with Crippen LogP contribution >= 0.6 is 15.9 Å². The third-order valence-electron chi connectivity index (χ3n) is 2.04. The molecule has 0 aliphatic heterocycles. The topological polar surface area (TPSA) is 35.0 Å². The van der Waals surface area contributed by atoms with Crippen LogP contribution in [0.1, 0.15) is 51.4 Å². The van der Waals surface area contributed by atoms with Crippen LogP contribution in [0, 0.1) is 0 Å². The fourth-order valence-electron chi connectivity index (χ4n) is 1.27. The predicted octanol–water partition coefficient (Wildman–Crippen LogP) is 4.85. The van der Waals surface area contributed by atoms with Crippen LogP contribution in [0.25, 0.3) is 0 Å². The van der Waals surface area contributed by atoms with E-state index in [1.165, 1.54) is 56.7 Å². The maximum atomic E-state index is 3.71. The van der Waals surface area contributed by atoms with E-state index in [0.717, 1.165) is 0 Å². The number of halogens is 1. The summed E-state index contributed by atoms with van der Waals surface area (Å²) >= 11 is 3.44. The fourth-order valence-corrected chi connectivity index (χ4v) is 1.66. The molecule has 0 aromatic carbocycles. The van der Waals surface area contributed by atoms with Gasteiger partial charge in [-0.05, 0) is 19.3 Å². The summed E-state index contributed by atoms with van der Waals surface area (Å²) in [5.74, 6) is 0. The molecule has 0 bridgehead atoms. The number of hydrogen-bond acceptors (Lipinski definition) is 1. The smallest absolute Gasteiger partial charge is 0.00313 e. The molecule has 0 amide bonds. The average molecular weight is 250 g/mol. The van der Waals surface area contributed by atoms with Crippen molar-refractivity contribution in [3.8, 4) is 0 Å². The number of unbranched alkanes of at least 4 members (excludes halogenated alkanes) is 7. The van der Waals surface area contributed by atoms with Gasteiger partial charge in [0.25, 0.3) is 0 Å². The molecule has 80 valence electrons. The SMILES string of the molecule is C=CCCCCCCCCCBr.N. The van der Waals surface area contributed by atoms with Gasteiger partial charge in [0.15, 0.2) is 0 Å². The second-order valence-electron chi connectivity index (χ2n) is 3.24. The summed E-state index contributed by atoms with van der Waals surface area (Å²) in [6.45, 7) is 3.71. The molecule has 2 heteroatoms. The molecule has 3 N–H and O–H groups in total. The highest BCUT2D eigenvalue weighted by Crippen LogP contribution is 2.09. The predicted molar refractivity (Wildman–Crippen MR) is 65.9 cm³/mol. The van der Waals surface area contributed by atoms with E-state index in [1.807, 2.05) is 6.08 Å². The van der Waals surface area contributed by atoms with Crippen molar-refractivity contribution < 1.29 is 0 Å². The molecule has 13 heavy (non-hydrogen) atoms. The van der Waals surface area contributed by atoms with E-state index in [0.29, 0.717) is 0 Å². The summed E-state index contributed by atoms with van der Waals surface area (Å²) in [5, 5.41) is 1.17. The van der Waals surface area contributed by atoms with E-state index in [4.69, 9.17) is 0 Å². The molecule has 1 nitrogen and oxygen atoms in total. The molecule has 0 saturated heterocycles. The van der Waals surface area contributed by atoms with Crippen molar-refractivity contribution >= 4 is 15.9 Å². The Balaban J connectivity index is 0. The quantitative estimate of drug-likeness (QED) is 0.354. The van der Waals surface area contributed by atoms with Crippen molar-refractivity contribution in [3.63, 3.8) is 0 Å². The lowest BCUT2D eigenvalue weighted by Crippen LogP contribution is -1.80. The molecule has 0 fully saturated rings. The van der Waals surface area contributed by atoms with Crippen LogP contribution in [0.4, 0.5) is 0 Å². The number of alkyl halides is 1. The molecule has 0 aromatic rings. The Morgan fingerprint density at radius 3 is 1.77 bits per heavy atom. The maximum Gasteiger partial charge on any atom is 0.00313 e. The first kappa shape index (κ1) is 15.6. The Morgan fingerprint density at radius 2 is 1.31 bits per heavy atom. The molecule has 0 atom stereocenters. The van der Waals surface area contributed by atoms with Crippen molar-refractivity contribution in [3.05, 3.63) is 12.7 Å². The second-order valence-corrected chi connectivity index (χ2v) is 4.03. The van der Waals surface area contributed by atoms with Gasteiger partial charge in [-0.15, -0.1) is 6.58 Å². The summed E-state index contributed by atoms with van der Waals surface area (Å²) in [6, 6.07) is 0. The van der Waals surface area contributed by atoms with Crippen molar-refractivity contribution in [1.82, 2.24) is 6.15 Å². The minimum atomic E-state index is 0. The van der Waals surface area contributed by atoms with E-state index in [-0.39, 0.29) is 6.15 Å². The van der Waals surface area contributed by atoms with Crippen LogP contribution in [0.15, 0.2) is 12.7 Å². The molecule has 0 saturated carbocycles. The van der Waals surface area contributed by atoms with Crippen molar-refractivity contribution in [2.45, 2.75) is 51.4 Å². The highest BCUT2D eigenvalue weighted by molar-refractivity contribution is 9.09. The maximum absolute atomic E-state index is 3.71. The summed E-state index contributed by atoms with van der Waals surface area (Å²) in [7, 11) is 0. The highest BCUT2D eigenvalue weighted by Gasteiger charge is 1.89.